The van der Waals surface area contributed by atoms with Crippen LogP contribution in [0, 0.1) is 0 Å². The van der Waals surface area contributed by atoms with Crippen molar-refractivity contribution in [2.24, 2.45) is 5.73 Å². The zero-order valence-electron chi connectivity index (χ0n) is 12.1. The molecule has 1 rings (SSSR count). The van der Waals surface area contributed by atoms with Gasteiger partial charge in [0.25, 0.3) is 0 Å². The first-order valence-electron chi connectivity index (χ1n) is 6.53. The van der Waals surface area contributed by atoms with Crippen LogP contribution in [-0.2, 0) is 14.2 Å². The molecule has 0 aliphatic carbocycles. The Morgan fingerprint density at radius 2 is 2.11 bits per heavy atom. The summed E-state index contributed by atoms with van der Waals surface area (Å²) >= 11 is 0. The van der Waals surface area contributed by atoms with Gasteiger partial charge in [0.2, 0.25) is 0 Å². The highest BCUT2D eigenvalue weighted by Crippen LogP contribution is 2.29. The van der Waals surface area contributed by atoms with Crippen molar-refractivity contribution in [1.82, 2.24) is 0 Å². The lowest BCUT2D eigenvalue weighted by Gasteiger charge is -2.33. The number of aliphatic hydroxyl groups excluding tert-OH is 1. The van der Waals surface area contributed by atoms with Crippen molar-refractivity contribution in [2.45, 2.75) is 70.7 Å². The third-order valence-corrected chi connectivity index (χ3v) is 3.07. The van der Waals surface area contributed by atoms with Crippen molar-refractivity contribution in [2.75, 3.05) is 13.2 Å². The van der Waals surface area contributed by atoms with Crippen LogP contribution in [0.25, 0.3) is 0 Å². The predicted octanol–water partition coefficient (Wildman–Crippen LogP) is 1.03. The van der Waals surface area contributed by atoms with Gasteiger partial charge in [0.15, 0.2) is 5.79 Å². The standard InChI is InChI=1S/C13H27NO4/c1-9(11(15)7-14)17-12(2,3)6-10-8-16-13(4,5)18-10/h9-11,15H,6-8,14H2,1-5H3/t9-,10?,11-/m0/s1. The highest BCUT2D eigenvalue weighted by Gasteiger charge is 2.37. The molecule has 1 aliphatic rings. The summed E-state index contributed by atoms with van der Waals surface area (Å²) in [5, 5.41) is 9.63. The number of ether oxygens (including phenoxy) is 3. The van der Waals surface area contributed by atoms with Gasteiger partial charge in [-0.15, -0.1) is 0 Å². The molecule has 0 spiro atoms. The van der Waals surface area contributed by atoms with Crippen molar-refractivity contribution < 1.29 is 19.3 Å². The van der Waals surface area contributed by atoms with Crippen molar-refractivity contribution in [3.63, 3.8) is 0 Å². The van der Waals surface area contributed by atoms with Crippen LogP contribution in [0.1, 0.15) is 41.0 Å². The fraction of sp³-hybridized carbons (Fsp3) is 1.00. The molecule has 108 valence electrons. The Morgan fingerprint density at radius 1 is 1.50 bits per heavy atom. The third kappa shape index (κ3) is 4.82. The van der Waals surface area contributed by atoms with E-state index in [-0.39, 0.29) is 24.4 Å². The Hall–Kier alpha value is -0.200. The molecule has 1 heterocycles. The molecule has 0 aromatic rings. The second-order valence-electron chi connectivity index (χ2n) is 6.04. The second-order valence-corrected chi connectivity index (χ2v) is 6.04. The summed E-state index contributed by atoms with van der Waals surface area (Å²) in [5.41, 5.74) is 5.03. The van der Waals surface area contributed by atoms with E-state index in [0.717, 1.165) is 6.42 Å². The zero-order valence-corrected chi connectivity index (χ0v) is 12.1. The fourth-order valence-electron chi connectivity index (χ4n) is 2.23. The minimum atomic E-state index is -0.638. The summed E-state index contributed by atoms with van der Waals surface area (Å²) in [4.78, 5) is 0. The number of rotatable bonds is 6. The van der Waals surface area contributed by atoms with E-state index in [1.165, 1.54) is 0 Å². The molecule has 5 nitrogen and oxygen atoms in total. The van der Waals surface area contributed by atoms with Crippen LogP contribution >= 0.6 is 0 Å². The molecule has 0 radical (unpaired) electrons. The third-order valence-electron chi connectivity index (χ3n) is 3.07. The molecule has 5 heteroatoms. The van der Waals surface area contributed by atoms with Gasteiger partial charge in [0.05, 0.1) is 30.5 Å². The molecule has 0 aromatic heterocycles. The monoisotopic (exact) mass is 261 g/mol. The predicted molar refractivity (Wildman–Crippen MR) is 69.2 cm³/mol. The van der Waals surface area contributed by atoms with Crippen LogP contribution in [0.15, 0.2) is 0 Å². The van der Waals surface area contributed by atoms with Crippen LogP contribution in [-0.4, -0.2) is 48.0 Å². The van der Waals surface area contributed by atoms with Gasteiger partial charge in [-0.05, 0) is 34.6 Å². The average Bonchev–Trinajstić information content (AvgIpc) is 2.54. The molecule has 0 aromatic carbocycles. The van der Waals surface area contributed by atoms with E-state index >= 15 is 0 Å². The Morgan fingerprint density at radius 3 is 2.56 bits per heavy atom. The van der Waals surface area contributed by atoms with Crippen molar-refractivity contribution in [3.8, 4) is 0 Å². The van der Waals surface area contributed by atoms with Crippen LogP contribution in [0.5, 0.6) is 0 Å². The summed E-state index contributed by atoms with van der Waals surface area (Å²) in [6.45, 7) is 10.4. The zero-order chi connectivity index (χ0) is 14.0. The lowest BCUT2D eigenvalue weighted by molar-refractivity contribution is -0.157. The van der Waals surface area contributed by atoms with Crippen molar-refractivity contribution >= 4 is 0 Å². The van der Waals surface area contributed by atoms with Gasteiger partial charge < -0.3 is 25.1 Å². The summed E-state index contributed by atoms with van der Waals surface area (Å²) in [6.07, 6.45) is -0.183. The van der Waals surface area contributed by atoms with E-state index in [2.05, 4.69) is 0 Å². The highest BCUT2D eigenvalue weighted by atomic mass is 16.7. The van der Waals surface area contributed by atoms with Crippen LogP contribution < -0.4 is 5.73 Å². The van der Waals surface area contributed by atoms with Gasteiger partial charge in [0.1, 0.15) is 0 Å². The van der Waals surface area contributed by atoms with Crippen molar-refractivity contribution in [3.05, 3.63) is 0 Å². The van der Waals surface area contributed by atoms with Crippen LogP contribution in [0.3, 0.4) is 0 Å². The minimum Gasteiger partial charge on any atom is -0.389 e. The first kappa shape index (κ1) is 15.9. The lowest BCUT2D eigenvalue weighted by Crippen LogP contribution is -2.41. The molecule has 1 fully saturated rings. The van der Waals surface area contributed by atoms with Gasteiger partial charge in [-0.25, -0.2) is 0 Å². The summed E-state index contributed by atoms with van der Waals surface area (Å²) < 4.78 is 17.1. The Balaban J connectivity index is 2.45. The smallest absolute Gasteiger partial charge is 0.163 e. The molecule has 1 saturated heterocycles. The van der Waals surface area contributed by atoms with Gasteiger partial charge >= 0.3 is 0 Å². The molecule has 3 N–H and O–H groups in total. The Bertz CT molecular complexity index is 268. The molecule has 0 saturated carbocycles. The molecule has 0 bridgehead atoms. The topological polar surface area (TPSA) is 73.9 Å². The van der Waals surface area contributed by atoms with E-state index in [9.17, 15) is 5.11 Å². The largest absolute Gasteiger partial charge is 0.389 e. The first-order valence-corrected chi connectivity index (χ1v) is 6.53. The van der Waals surface area contributed by atoms with Gasteiger partial charge in [0, 0.05) is 13.0 Å². The van der Waals surface area contributed by atoms with E-state index in [4.69, 9.17) is 19.9 Å². The maximum absolute atomic E-state index is 9.63. The number of aliphatic hydroxyl groups is 1. The highest BCUT2D eigenvalue weighted by molar-refractivity contribution is 4.81. The van der Waals surface area contributed by atoms with Gasteiger partial charge in [-0.3, -0.25) is 0 Å². The van der Waals surface area contributed by atoms with E-state index in [1.807, 2.05) is 34.6 Å². The van der Waals surface area contributed by atoms with Crippen LogP contribution in [0.2, 0.25) is 0 Å². The van der Waals surface area contributed by atoms with E-state index in [1.54, 1.807) is 0 Å². The van der Waals surface area contributed by atoms with Crippen molar-refractivity contribution in [1.29, 1.82) is 0 Å². The molecule has 3 atom stereocenters. The minimum absolute atomic E-state index is 0.0252. The maximum Gasteiger partial charge on any atom is 0.163 e. The molecule has 0 amide bonds. The summed E-state index contributed by atoms with van der Waals surface area (Å²) in [6, 6.07) is 0. The number of hydrogen-bond acceptors (Lipinski definition) is 5. The SMILES string of the molecule is C[C@H](OC(C)(C)CC1COC(C)(C)O1)[C@@H](O)CN. The number of nitrogens with two attached hydrogens (primary N) is 1. The molecule has 1 aliphatic heterocycles. The van der Waals surface area contributed by atoms with Gasteiger partial charge in [-0.2, -0.15) is 0 Å². The number of hydrogen-bond donors (Lipinski definition) is 2. The molecular weight excluding hydrogens is 234 g/mol. The van der Waals surface area contributed by atoms with E-state index < -0.39 is 11.9 Å². The average molecular weight is 261 g/mol. The van der Waals surface area contributed by atoms with Crippen LogP contribution in [0.4, 0.5) is 0 Å². The normalized spacial score (nSPS) is 27.2. The fourth-order valence-corrected chi connectivity index (χ4v) is 2.23. The second kappa shape index (κ2) is 5.84. The maximum atomic E-state index is 9.63. The Kier molecular flexibility index (Phi) is 5.14. The molecule has 1 unspecified atom stereocenters. The first-order chi connectivity index (χ1) is 8.15. The quantitative estimate of drug-likeness (QED) is 0.747. The van der Waals surface area contributed by atoms with Gasteiger partial charge in [-0.1, -0.05) is 0 Å². The molecule has 18 heavy (non-hydrogen) atoms. The van der Waals surface area contributed by atoms with E-state index in [0.29, 0.717) is 6.61 Å². The lowest BCUT2D eigenvalue weighted by atomic mass is 10.00. The summed E-state index contributed by atoms with van der Waals surface area (Å²) in [5.74, 6) is -0.511. The molecular formula is C13H27NO4. The summed E-state index contributed by atoms with van der Waals surface area (Å²) in [7, 11) is 0. The Labute approximate surface area is 110 Å².